The van der Waals surface area contributed by atoms with E-state index in [1.165, 1.54) is 0 Å². The molecule has 1 rings (SSSR count). The van der Waals surface area contributed by atoms with Gasteiger partial charge in [0.25, 0.3) is 0 Å². The summed E-state index contributed by atoms with van der Waals surface area (Å²) in [5.74, 6) is -0.211. The second-order valence-corrected chi connectivity index (χ2v) is 2.98. The molecule has 7 heteroatoms. The van der Waals surface area contributed by atoms with Crippen LogP contribution in [0.5, 0.6) is 0 Å². The van der Waals surface area contributed by atoms with Crippen molar-refractivity contribution in [2.24, 2.45) is 0 Å². The highest BCUT2D eigenvalue weighted by Crippen LogP contribution is 2.29. The smallest absolute Gasteiger partial charge is 0.368 e. The van der Waals surface area contributed by atoms with Gasteiger partial charge >= 0.3 is 6.18 Å². The van der Waals surface area contributed by atoms with E-state index in [0.29, 0.717) is 6.54 Å². The van der Waals surface area contributed by atoms with Crippen molar-refractivity contribution in [2.75, 3.05) is 24.2 Å². The normalized spacial score (nSPS) is 11.5. The molecule has 0 aliphatic rings. The van der Waals surface area contributed by atoms with E-state index in [1.807, 2.05) is 0 Å². The van der Waals surface area contributed by atoms with E-state index in [2.05, 4.69) is 9.97 Å². The van der Waals surface area contributed by atoms with Crippen LogP contribution < -0.4 is 10.6 Å². The number of nitrogens with zero attached hydrogens (tertiary/aromatic N) is 3. The number of nitrogens with two attached hydrogens (primary N) is 1. The zero-order valence-electron chi connectivity index (χ0n) is 8.34. The van der Waals surface area contributed by atoms with Crippen LogP contribution in [-0.4, -0.2) is 23.6 Å². The SMILES string of the molecule is CCN(C)c1cc(C(F)(F)F)nc(N)n1. The van der Waals surface area contributed by atoms with Gasteiger partial charge in [-0.05, 0) is 6.92 Å². The van der Waals surface area contributed by atoms with Crippen molar-refractivity contribution in [3.63, 3.8) is 0 Å². The minimum atomic E-state index is -4.50. The molecule has 0 aliphatic heterocycles. The van der Waals surface area contributed by atoms with Gasteiger partial charge in [-0.3, -0.25) is 0 Å². The number of hydrogen-bond donors (Lipinski definition) is 1. The Kier molecular flexibility index (Phi) is 3.01. The van der Waals surface area contributed by atoms with Crippen molar-refractivity contribution in [3.8, 4) is 0 Å². The number of anilines is 2. The fraction of sp³-hybridized carbons (Fsp3) is 0.500. The van der Waals surface area contributed by atoms with E-state index in [-0.39, 0.29) is 11.8 Å². The molecule has 4 nitrogen and oxygen atoms in total. The summed E-state index contributed by atoms with van der Waals surface area (Å²) < 4.78 is 37.1. The highest BCUT2D eigenvalue weighted by atomic mass is 19.4. The van der Waals surface area contributed by atoms with Crippen LogP contribution in [0.15, 0.2) is 6.07 Å². The maximum Gasteiger partial charge on any atom is 0.433 e. The Morgan fingerprint density at radius 2 is 2.00 bits per heavy atom. The average molecular weight is 220 g/mol. The summed E-state index contributed by atoms with van der Waals surface area (Å²) in [5, 5.41) is 0. The molecular formula is C8H11F3N4. The van der Waals surface area contributed by atoms with Crippen LogP contribution in [0.3, 0.4) is 0 Å². The molecule has 15 heavy (non-hydrogen) atoms. The van der Waals surface area contributed by atoms with Gasteiger partial charge in [-0.1, -0.05) is 0 Å². The fourth-order valence-corrected chi connectivity index (χ4v) is 0.955. The molecule has 2 N–H and O–H groups in total. The lowest BCUT2D eigenvalue weighted by Crippen LogP contribution is -2.20. The Morgan fingerprint density at radius 1 is 1.40 bits per heavy atom. The predicted molar refractivity (Wildman–Crippen MR) is 50.4 cm³/mol. The van der Waals surface area contributed by atoms with Crippen molar-refractivity contribution in [3.05, 3.63) is 11.8 Å². The number of aromatic nitrogens is 2. The lowest BCUT2D eigenvalue weighted by Gasteiger charge is -2.17. The fourth-order valence-electron chi connectivity index (χ4n) is 0.955. The molecule has 0 radical (unpaired) electrons. The molecule has 0 spiro atoms. The van der Waals surface area contributed by atoms with Gasteiger partial charge in [0, 0.05) is 19.7 Å². The topological polar surface area (TPSA) is 55.0 Å². The minimum absolute atomic E-state index is 0.164. The van der Waals surface area contributed by atoms with Crippen molar-refractivity contribution in [1.29, 1.82) is 0 Å². The Labute approximate surface area is 84.9 Å². The van der Waals surface area contributed by atoms with Crippen LogP contribution in [0, 0.1) is 0 Å². The molecule has 0 amide bonds. The molecule has 0 unspecified atom stereocenters. The van der Waals surface area contributed by atoms with Crippen molar-refractivity contribution in [2.45, 2.75) is 13.1 Å². The first-order chi connectivity index (χ1) is 6.84. The van der Waals surface area contributed by atoms with Crippen LogP contribution in [0.4, 0.5) is 24.9 Å². The number of alkyl halides is 3. The first-order valence-electron chi connectivity index (χ1n) is 4.27. The summed E-state index contributed by atoms with van der Waals surface area (Å²) in [6, 6.07) is 0.875. The summed E-state index contributed by atoms with van der Waals surface area (Å²) >= 11 is 0. The van der Waals surface area contributed by atoms with Gasteiger partial charge in [0.05, 0.1) is 0 Å². The molecule has 84 valence electrons. The molecule has 0 aromatic carbocycles. The monoisotopic (exact) mass is 220 g/mol. The molecule has 0 bridgehead atoms. The number of nitrogen functional groups attached to an aromatic ring is 1. The van der Waals surface area contributed by atoms with E-state index >= 15 is 0 Å². The summed E-state index contributed by atoms with van der Waals surface area (Å²) in [4.78, 5) is 8.40. The predicted octanol–water partition coefficient (Wildman–Crippen LogP) is 1.53. The van der Waals surface area contributed by atoms with Crippen molar-refractivity contribution < 1.29 is 13.2 Å². The third kappa shape index (κ3) is 2.71. The molecule has 0 aliphatic carbocycles. The minimum Gasteiger partial charge on any atom is -0.368 e. The second-order valence-electron chi connectivity index (χ2n) is 2.98. The molecular weight excluding hydrogens is 209 g/mol. The van der Waals surface area contributed by atoms with Crippen molar-refractivity contribution in [1.82, 2.24) is 9.97 Å². The third-order valence-corrected chi connectivity index (χ3v) is 1.89. The summed E-state index contributed by atoms with van der Waals surface area (Å²) in [6.45, 7) is 2.33. The summed E-state index contributed by atoms with van der Waals surface area (Å²) in [7, 11) is 1.63. The number of hydrogen-bond acceptors (Lipinski definition) is 4. The van der Waals surface area contributed by atoms with Gasteiger partial charge in [0.2, 0.25) is 5.95 Å². The van der Waals surface area contributed by atoms with E-state index in [0.717, 1.165) is 6.07 Å². The first kappa shape index (κ1) is 11.5. The maximum absolute atomic E-state index is 12.4. The Bertz CT molecular complexity index is 350. The van der Waals surface area contributed by atoms with Crippen LogP contribution in [0.2, 0.25) is 0 Å². The quantitative estimate of drug-likeness (QED) is 0.821. The molecule has 0 fully saturated rings. The largest absolute Gasteiger partial charge is 0.433 e. The second kappa shape index (κ2) is 3.92. The van der Waals surface area contributed by atoms with Gasteiger partial charge in [-0.25, -0.2) is 4.98 Å². The van der Waals surface area contributed by atoms with Crippen LogP contribution in [-0.2, 0) is 6.18 Å². The summed E-state index contributed by atoms with van der Waals surface area (Å²) in [5.41, 5.74) is 4.18. The van der Waals surface area contributed by atoms with Crippen LogP contribution in [0.25, 0.3) is 0 Å². The lowest BCUT2D eigenvalue weighted by molar-refractivity contribution is -0.141. The molecule has 1 aromatic heterocycles. The summed E-state index contributed by atoms with van der Waals surface area (Å²) in [6.07, 6.45) is -4.50. The van der Waals surface area contributed by atoms with Gasteiger partial charge in [-0.2, -0.15) is 18.2 Å². The highest BCUT2D eigenvalue weighted by molar-refractivity contribution is 5.43. The van der Waals surface area contributed by atoms with E-state index in [1.54, 1.807) is 18.9 Å². The molecule has 0 atom stereocenters. The van der Waals surface area contributed by atoms with Gasteiger partial charge in [0.15, 0.2) is 5.69 Å². The molecule has 0 saturated heterocycles. The lowest BCUT2D eigenvalue weighted by atomic mass is 10.3. The maximum atomic E-state index is 12.4. The van der Waals surface area contributed by atoms with Gasteiger partial charge in [0.1, 0.15) is 5.82 Å². The van der Waals surface area contributed by atoms with Crippen LogP contribution >= 0.6 is 0 Å². The molecule has 1 heterocycles. The standard InChI is InChI=1S/C8H11F3N4/c1-3-15(2)6-4-5(8(9,10)11)13-7(12)14-6/h4H,3H2,1-2H3,(H2,12,13,14). The Hall–Kier alpha value is -1.53. The van der Waals surface area contributed by atoms with E-state index in [4.69, 9.17) is 5.73 Å². The van der Waals surface area contributed by atoms with E-state index < -0.39 is 11.9 Å². The Morgan fingerprint density at radius 3 is 2.47 bits per heavy atom. The molecule has 0 saturated carbocycles. The van der Waals surface area contributed by atoms with Gasteiger partial charge in [-0.15, -0.1) is 0 Å². The molecule has 1 aromatic rings. The number of rotatable bonds is 2. The zero-order valence-corrected chi connectivity index (χ0v) is 8.34. The number of halogens is 3. The zero-order chi connectivity index (χ0) is 11.6. The first-order valence-corrected chi connectivity index (χ1v) is 4.27. The van der Waals surface area contributed by atoms with Crippen molar-refractivity contribution >= 4 is 11.8 Å². The Balaban J connectivity index is 3.17. The van der Waals surface area contributed by atoms with E-state index in [9.17, 15) is 13.2 Å². The average Bonchev–Trinajstić information content (AvgIpc) is 2.14. The highest BCUT2D eigenvalue weighted by Gasteiger charge is 2.33. The third-order valence-electron chi connectivity index (χ3n) is 1.89. The van der Waals surface area contributed by atoms with Gasteiger partial charge < -0.3 is 10.6 Å². The van der Waals surface area contributed by atoms with Crippen LogP contribution in [0.1, 0.15) is 12.6 Å².